The number of hydrogen-bond acceptors (Lipinski definition) is 3. The number of likely N-dealkylation sites (tertiary alicyclic amines) is 1. The van der Waals surface area contributed by atoms with E-state index in [9.17, 15) is 9.90 Å². The minimum absolute atomic E-state index is 0.417. The molecule has 0 aliphatic carbocycles. The molecule has 1 saturated heterocycles. The molecule has 1 fully saturated rings. The van der Waals surface area contributed by atoms with Crippen LogP contribution in [0.25, 0.3) is 0 Å². The van der Waals surface area contributed by atoms with Gasteiger partial charge in [0.15, 0.2) is 0 Å². The first-order valence-electron chi connectivity index (χ1n) is 7.60. The van der Waals surface area contributed by atoms with Gasteiger partial charge in [0.25, 0.3) is 0 Å². The molecule has 0 aromatic carbocycles. The van der Waals surface area contributed by atoms with Gasteiger partial charge in [-0.3, -0.25) is 4.79 Å². The monoisotopic (exact) mass is 277 g/mol. The highest BCUT2D eigenvalue weighted by molar-refractivity contribution is 5.75. The molecule has 1 aromatic heterocycles. The Morgan fingerprint density at radius 1 is 1.40 bits per heavy atom. The third-order valence-electron chi connectivity index (χ3n) is 4.70. The first kappa shape index (κ1) is 13.6. The zero-order valence-corrected chi connectivity index (χ0v) is 12.2. The van der Waals surface area contributed by atoms with Crippen molar-refractivity contribution in [1.29, 1.82) is 0 Å². The zero-order valence-electron chi connectivity index (χ0n) is 12.2. The van der Waals surface area contributed by atoms with Crippen molar-refractivity contribution < 1.29 is 9.90 Å². The van der Waals surface area contributed by atoms with E-state index >= 15 is 0 Å². The first-order chi connectivity index (χ1) is 9.56. The van der Waals surface area contributed by atoms with E-state index in [1.807, 2.05) is 0 Å². The number of nitrogens with zero attached hydrogens (tertiary/aromatic N) is 3. The van der Waals surface area contributed by atoms with Crippen LogP contribution in [0.5, 0.6) is 0 Å². The lowest BCUT2D eigenvalue weighted by Crippen LogP contribution is -2.27. The Kier molecular flexibility index (Phi) is 3.54. The molecule has 3 heterocycles. The largest absolute Gasteiger partial charge is 0.481 e. The van der Waals surface area contributed by atoms with E-state index in [1.165, 1.54) is 0 Å². The Labute approximate surface area is 119 Å². The standard InChI is InChI=1S/C15H23N3O2/c1-10(2)17-7-5-11(8-17)13-9-18-6-3-4-12(15(19)20)14(18)16-13/h9-12H,3-8H2,1-2H3,(H,19,20). The Morgan fingerprint density at radius 3 is 2.85 bits per heavy atom. The maximum absolute atomic E-state index is 11.3. The second-order valence-electron chi connectivity index (χ2n) is 6.32. The molecule has 2 atom stereocenters. The molecule has 2 aliphatic heterocycles. The van der Waals surface area contributed by atoms with Crippen LogP contribution >= 0.6 is 0 Å². The van der Waals surface area contributed by atoms with E-state index in [1.54, 1.807) is 0 Å². The number of imidazole rings is 1. The molecule has 2 unspecified atom stereocenters. The number of hydrogen-bond donors (Lipinski definition) is 1. The molecule has 1 aromatic rings. The lowest BCUT2D eigenvalue weighted by Gasteiger charge is -2.19. The molecule has 0 bridgehead atoms. The Balaban J connectivity index is 1.81. The topological polar surface area (TPSA) is 58.4 Å². The number of carboxylic acid groups (broad SMARTS) is 1. The molecule has 20 heavy (non-hydrogen) atoms. The van der Waals surface area contributed by atoms with Gasteiger partial charge in [-0.1, -0.05) is 0 Å². The van der Waals surface area contributed by atoms with Crippen LogP contribution in [0.15, 0.2) is 6.20 Å². The molecular formula is C15H23N3O2. The first-order valence-corrected chi connectivity index (χ1v) is 7.60. The summed E-state index contributed by atoms with van der Waals surface area (Å²) in [5, 5.41) is 9.31. The summed E-state index contributed by atoms with van der Waals surface area (Å²) in [6.07, 6.45) is 4.88. The van der Waals surface area contributed by atoms with Gasteiger partial charge in [-0.05, 0) is 39.7 Å². The second-order valence-corrected chi connectivity index (χ2v) is 6.32. The van der Waals surface area contributed by atoms with Crippen LogP contribution < -0.4 is 0 Å². The fraction of sp³-hybridized carbons (Fsp3) is 0.733. The highest BCUT2D eigenvalue weighted by Gasteiger charge is 2.32. The number of aromatic nitrogens is 2. The van der Waals surface area contributed by atoms with Gasteiger partial charge in [-0.2, -0.15) is 0 Å². The SMILES string of the molecule is CC(C)N1CCC(c2cn3c(n2)C(C(=O)O)CCC3)C1. The Bertz CT molecular complexity index is 509. The average Bonchev–Trinajstić information content (AvgIpc) is 3.04. The van der Waals surface area contributed by atoms with Gasteiger partial charge in [0.2, 0.25) is 0 Å². The van der Waals surface area contributed by atoms with Crippen LogP contribution in [0.2, 0.25) is 0 Å². The van der Waals surface area contributed by atoms with Crippen LogP contribution in [0, 0.1) is 0 Å². The van der Waals surface area contributed by atoms with Crippen molar-refractivity contribution in [2.24, 2.45) is 0 Å². The zero-order chi connectivity index (χ0) is 14.3. The van der Waals surface area contributed by atoms with Gasteiger partial charge in [-0.25, -0.2) is 4.98 Å². The van der Waals surface area contributed by atoms with Gasteiger partial charge in [0, 0.05) is 31.2 Å². The van der Waals surface area contributed by atoms with E-state index < -0.39 is 11.9 Å². The van der Waals surface area contributed by atoms with Crippen molar-refractivity contribution in [2.75, 3.05) is 13.1 Å². The molecule has 0 saturated carbocycles. The van der Waals surface area contributed by atoms with E-state index in [4.69, 9.17) is 0 Å². The molecule has 110 valence electrons. The van der Waals surface area contributed by atoms with E-state index in [2.05, 4.69) is 34.5 Å². The van der Waals surface area contributed by atoms with Crippen LogP contribution in [0.4, 0.5) is 0 Å². The summed E-state index contributed by atoms with van der Waals surface area (Å²) in [6, 6.07) is 0.573. The Morgan fingerprint density at radius 2 is 2.20 bits per heavy atom. The number of carbonyl (C=O) groups is 1. The summed E-state index contributed by atoms with van der Waals surface area (Å²) >= 11 is 0. The fourth-order valence-electron chi connectivity index (χ4n) is 3.43. The fourth-order valence-corrected chi connectivity index (χ4v) is 3.43. The van der Waals surface area contributed by atoms with Crippen molar-refractivity contribution in [3.63, 3.8) is 0 Å². The minimum Gasteiger partial charge on any atom is -0.481 e. The molecule has 0 amide bonds. The molecular weight excluding hydrogens is 254 g/mol. The van der Waals surface area contributed by atoms with Crippen LogP contribution in [-0.2, 0) is 11.3 Å². The second kappa shape index (κ2) is 5.20. The van der Waals surface area contributed by atoms with Crippen molar-refractivity contribution in [3.05, 3.63) is 17.7 Å². The maximum Gasteiger partial charge on any atom is 0.314 e. The molecule has 5 heteroatoms. The molecule has 0 spiro atoms. The number of aliphatic carboxylic acids is 1. The molecule has 5 nitrogen and oxygen atoms in total. The van der Waals surface area contributed by atoms with Gasteiger partial charge >= 0.3 is 5.97 Å². The molecule has 2 aliphatic rings. The summed E-state index contributed by atoms with van der Waals surface area (Å²) in [5.74, 6) is 0.0742. The lowest BCUT2D eigenvalue weighted by atomic mass is 9.99. The van der Waals surface area contributed by atoms with E-state index in [0.717, 1.165) is 44.0 Å². The minimum atomic E-state index is -0.738. The quantitative estimate of drug-likeness (QED) is 0.918. The summed E-state index contributed by atoms with van der Waals surface area (Å²) in [7, 11) is 0. The van der Waals surface area contributed by atoms with E-state index in [-0.39, 0.29) is 0 Å². The average molecular weight is 277 g/mol. The number of aryl methyl sites for hydroxylation is 1. The summed E-state index contributed by atoms with van der Waals surface area (Å²) in [5.41, 5.74) is 1.09. The third-order valence-corrected chi connectivity index (χ3v) is 4.70. The van der Waals surface area contributed by atoms with E-state index in [0.29, 0.717) is 18.4 Å². The highest BCUT2D eigenvalue weighted by Crippen LogP contribution is 2.32. The van der Waals surface area contributed by atoms with Gasteiger partial charge in [-0.15, -0.1) is 0 Å². The summed E-state index contributed by atoms with van der Waals surface area (Å²) in [6.45, 7) is 7.52. The smallest absolute Gasteiger partial charge is 0.314 e. The summed E-state index contributed by atoms with van der Waals surface area (Å²) in [4.78, 5) is 18.5. The van der Waals surface area contributed by atoms with Crippen molar-refractivity contribution in [1.82, 2.24) is 14.5 Å². The highest BCUT2D eigenvalue weighted by atomic mass is 16.4. The van der Waals surface area contributed by atoms with Crippen molar-refractivity contribution in [2.45, 2.75) is 57.5 Å². The molecule has 3 rings (SSSR count). The third kappa shape index (κ3) is 2.35. The van der Waals surface area contributed by atoms with Gasteiger partial charge in [0.1, 0.15) is 11.7 Å². The lowest BCUT2D eigenvalue weighted by molar-refractivity contribution is -0.139. The normalized spacial score (nSPS) is 26.9. The summed E-state index contributed by atoms with van der Waals surface area (Å²) < 4.78 is 2.07. The predicted molar refractivity (Wildman–Crippen MR) is 75.9 cm³/mol. The predicted octanol–water partition coefficient (Wildman–Crippen LogP) is 2.04. The van der Waals surface area contributed by atoms with Gasteiger partial charge in [0.05, 0.1) is 5.69 Å². The van der Waals surface area contributed by atoms with Crippen molar-refractivity contribution in [3.8, 4) is 0 Å². The maximum atomic E-state index is 11.3. The van der Waals surface area contributed by atoms with Gasteiger partial charge < -0.3 is 14.6 Å². The number of carboxylic acids is 1. The molecule has 1 N–H and O–H groups in total. The van der Waals surface area contributed by atoms with Crippen molar-refractivity contribution >= 4 is 5.97 Å². The number of rotatable bonds is 3. The number of fused-ring (bicyclic) bond motifs is 1. The van der Waals surface area contributed by atoms with Crippen LogP contribution in [0.3, 0.4) is 0 Å². The molecule has 0 radical (unpaired) electrons. The van der Waals surface area contributed by atoms with Crippen LogP contribution in [-0.4, -0.2) is 44.7 Å². The van der Waals surface area contributed by atoms with Crippen LogP contribution in [0.1, 0.15) is 56.5 Å². The Hall–Kier alpha value is -1.36.